The highest BCUT2D eigenvalue weighted by atomic mass is 35.5. The average molecular weight is 288 g/mol. The summed E-state index contributed by atoms with van der Waals surface area (Å²) in [4.78, 5) is 23.7. The SMILES string of the molecule is Cc1ccc(-c2ccc(C(=O)Cl)c(=O)n2C2CC2)cc1. The van der Waals surface area contributed by atoms with Crippen LogP contribution in [0.2, 0.25) is 0 Å². The van der Waals surface area contributed by atoms with E-state index >= 15 is 0 Å². The molecule has 2 aromatic rings. The summed E-state index contributed by atoms with van der Waals surface area (Å²) in [6.45, 7) is 2.02. The molecule has 4 heteroatoms. The zero-order chi connectivity index (χ0) is 14.3. The van der Waals surface area contributed by atoms with E-state index in [0.29, 0.717) is 0 Å². The van der Waals surface area contributed by atoms with Gasteiger partial charge in [0.15, 0.2) is 0 Å². The molecule has 20 heavy (non-hydrogen) atoms. The number of hydrogen-bond donors (Lipinski definition) is 0. The van der Waals surface area contributed by atoms with Gasteiger partial charge in [-0.3, -0.25) is 9.59 Å². The second-order valence-electron chi connectivity index (χ2n) is 5.18. The zero-order valence-corrected chi connectivity index (χ0v) is 11.9. The molecule has 1 aromatic carbocycles. The lowest BCUT2D eigenvalue weighted by Gasteiger charge is -2.13. The number of carbonyl (C=O) groups is 1. The second kappa shape index (κ2) is 4.91. The maximum absolute atomic E-state index is 12.4. The van der Waals surface area contributed by atoms with Gasteiger partial charge in [-0.2, -0.15) is 0 Å². The fourth-order valence-electron chi connectivity index (χ4n) is 2.36. The Morgan fingerprint density at radius 3 is 2.35 bits per heavy atom. The lowest BCUT2D eigenvalue weighted by Crippen LogP contribution is -2.25. The Labute approximate surface area is 121 Å². The summed E-state index contributed by atoms with van der Waals surface area (Å²) in [5.74, 6) is 0. The van der Waals surface area contributed by atoms with Crippen molar-refractivity contribution in [1.82, 2.24) is 4.57 Å². The van der Waals surface area contributed by atoms with Gasteiger partial charge in [-0.1, -0.05) is 29.8 Å². The van der Waals surface area contributed by atoms with E-state index in [-0.39, 0.29) is 17.2 Å². The molecule has 1 fully saturated rings. The van der Waals surface area contributed by atoms with E-state index < -0.39 is 5.24 Å². The van der Waals surface area contributed by atoms with Crippen molar-refractivity contribution in [1.29, 1.82) is 0 Å². The van der Waals surface area contributed by atoms with Crippen molar-refractivity contribution in [2.45, 2.75) is 25.8 Å². The van der Waals surface area contributed by atoms with Crippen molar-refractivity contribution < 1.29 is 4.79 Å². The summed E-state index contributed by atoms with van der Waals surface area (Å²) in [6, 6.07) is 11.5. The van der Waals surface area contributed by atoms with Crippen molar-refractivity contribution >= 4 is 16.8 Å². The van der Waals surface area contributed by atoms with Crippen LogP contribution in [0.4, 0.5) is 0 Å². The molecule has 1 saturated carbocycles. The van der Waals surface area contributed by atoms with Crippen LogP contribution in [0.5, 0.6) is 0 Å². The normalized spacial score (nSPS) is 14.3. The van der Waals surface area contributed by atoms with Gasteiger partial charge in [-0.15, -0.1) is 0 Å². The van der Waals surface area contributed by atoms with E-state index in [9.17, 15) is 9.59 Å². The largest absolute Gasteiger partial charge is 0.305 e. The topological polar surface area (TPSA) is 39.1 Å². The maximum Gasteiger partial charge on any atom is 0.263 e. The van der Waals surface area contributed by atoms with E-state index in [1.165, 1.54) is 11.6 Å². The minimum atomic E-state index is -0.695. The third-order valence-corrected chi connectivity index (χ3v) is 3.79. The molecule has 0 amide bonds. The number of hydrogen-bond acceptors (Lipinski definition) is 2. The molecule has 102 valence electrons. The first-order valence-corrected chi connectivity index (χ1v) is 6.98. The van der Waals surface area contributed by atoms with Crippen LogP contribution in [-0.4, -0.2) is 9.81 Å². The maximum atomic E-state index is 12.4. The molecule has 0 N–H and O–H groups in total. The molecule has 3 nitrogen and oxygen atoms in total. The van der Waals surface area contributed by atoms with Gasteiger partial charge < -0.3 is 4.57 Å². The molecule has 1 aromatic heterocycles. The average Bonchev–Trinajstić information content (AvgIpc) is 3.23. The molecule has 1 aliphatic rings. The van der Waals surface area contributed by atoms with Crippen LogP contribution in [-0.2, 0) is 0 Å². The van der Waals surface area contributed by atoms with Crippen molar-refractivity contribution in [3.63, 3.8) is 0 Å². The minimum absolute atomic E-state index is 0.0504. The summed E-state index contributed by atoms with van der Waals surface area (Å²) in [6.07, 6.45) is 1.94. The Balaban J connectivity index is 2.21. The Kier molecular flexibility index (Phi) is 3.22. The van der Waals surface area contributed by atoms with Crippen LogP contribution in [0.1, 0.15) is 34.8 Å². The van der Waals surface area contributed by atoms with Crippen LogP contribution in [0, 0.1) is 6.92 Å². The summed E-state index contributed by atoms with van der Waals surface area (Å²) >= 11 is 5.47. The van der Waals surface area contributed by atoms with E-state index in [4.69, 9.17) is 11.6 Å². The fourth-order valence-corrected chi connectivity index (χ4v) is 2.50. The van der Waals surface area contributed by atoms with Gasteiger partial charge in [0.1, 0.15) is 0 Å². The smallest absolute Gasteiger partial charge is 0.263 e. The highest BCUT2D eigenvalue weighted by Crippen LogP contribution is 2.37. The third-order valence-electron chi connectivity index (χ3n) is 3.59. The Morgan fingerprint density at radius 2 is 1.80 bits per heavy atom. The monoisotopic (exact) mass is 287 g/mol. The molecular weight excluding hydrogens is 274 g/mol. The number of pyridine rings is 1. The molecular formula is C16H14ClNO2. The summed E-state index contributed by atoms with van der Waals surface area (Å²) < 4.78 is 1.71. The van der Waals surface area contributed by atoms with Crippen molar-refractivity contribution in [3.8, 4) is 11.3 Å². The minimum Gasteiger partial charge on any atom is -0.305 e. The number of benzene rings is 1. The first kappa shape index (κ1) is 13.1. The predicted octanol–water partition coefficient (Wildman–Crippen LogP) is 3.54. The lowest BCUT2D eigenvalue weighted by atomic mass is 10.1. The van der Waals surface area contributed by atoms with Gasteiger partial charge >= 0.3 is 0 Å². The quantitative estimate of drug-likeness (QED) is 0.810. The van der Waals surface area contributed by atoms with Crippen LogP contribution >= 0.6 is 11.6 Å². The van der Waals surface area contributed by atoms with Crippen molar-refractivity contribution in [2.24, 2.45) is 0 Å². The number of aromatic nitrogens is 1. The Bertz CT molecular complexity index is 727. The zero-order valence-electron chi connectivity index (χ0n) is 11.1. The molecule has 0 bridgehead atoms. The molecule has 0 aliphatic heterocycles. The second-order valence-corrected chi connectivity index (χ2v) is 5.52. The van der Waals surface area contributed by atoms with Crippen LogP contribution in [0.15, 0.2) is 41.2 Å². The van der Waals surface area contributed by atoms with Crippen LogP contribution in [0.25, 0.3) is 11.3 Å². The molecule has 0 spiro atoms. The van der Waals surface area contributed by atoms with Crippen molar-refractivity contribution in [2.75, 3.05) is 0 Å². The molecule has 3 rings (SSSR count). The highest BCUT2D eigenvalue weighted by Gasteiger charge is 2.28. The van der Waals surface area contributed by atoms with Crippen LogP contribution < -0.4 is 5.56 Å². The Morgan fingerprint density at radius 1 is 1.15 bits per heavy atom. The van der Waals surface area contributed by atoms with Gasteiger partial charge in [0.25, 0.3) is 10.8 Å². The molecule has 0 unspecified atom stereocenters. The van der Waals surface area contributed by atoms with Crippen molar-refractivity contribution in [3.05, 3.63) is 57.9 Å². The number of aryl methyl sites for hydroxylation is 1. The summed E-state index contributed by atoms with van der Waals surface area (Å²) in [5.41, 5.74) is 2.76. The van der Waals surface area contributed by atoms with Gasteiger partial charge in [0.05, 0.1) is 11.3 Å². The van der Waals surface area contributed by atoms with Gasteiger partial charge in [0, 0.05) is 6.04 Å². The Hall–Kier alpha value is -1.87. The molecule has 1 aliphatic carbocycles. The fraction of sp³-hybridized carbons (Fsp3) is 0.250. The molecule has 0 saturated heterocycles. The molecule has 1 heterocycles. The standard InChI is InChI=1S/C16H14ClNO2/c1-10-2-4-11(5-3-10)14-9-8-13(15(17)19)16(20)18(14)12-6-7-12/h2-5,8-9,12H,6-7H2,1H3. The predicted molar refractivity (Wildman–Crippen MR) is 79.3 cm³/mol. The lowest BCUT2D eigenvalue weighted by molar-refractivity contribution is 0.107. The number of halogens is 1. The molecule has 0 atom stereocenters. The number of carbonyl (C=O) groups excluding carboxylic acids is 1. The summed E-state index contributed by atoms with van der Waals surface area (Å²) in [7, 11) is 0. The first-order chi connectivity index (χ1) is 9.58. The van der Waals surface area contributed by atoms with Crippen LogP contribution in [0.3, 0.4) is 0 Å². The van der Waals surface area contributed by atoms with E-state index in [1.54, 1.807) is 10.6 Å². The van der Waals surface area contributed by atoms with E-state index in [0.717, 1.165) is 24.1 Å². The highest BCUT2D eigenvalue weighted by molar-refractivity contribution is 6.67. The van der Waals surface area contributed by atoms with Gasteiger partial charge in [-0.25, -0.2) is 0 Å². The first-order valence-electron chi connectivity index (χ1n) is 6.60. The van der Waals surface area contributed by atoms with Gasteiger partial charge in [-0.05, 0) is 49.1 Å². The van der Waals surface area contributed by atoms with E-state index in [1.807, 2.05) is 31.2 Å². The summed E-state index contributed by atoms with van der Waals surface area (Å²) in [5, 5.41) is -0.695. The van der Waals surface area contributed by atoms with Gasteiger partial charge in [0.2, 0.25) is 0 Å². The van der Waals surface area contributed by atoms with E-state index in [2.05, 4.69) is 0 Å². The number of nitrogens with zero attached hydrogens (tertiary/aromatic N) is 1. The molecule has 0 radical (unpaired) electrons. The number of rotatable bonds is 3. The third kappa shape index (κ3) is 2.29.